The van der Waals surface area contributed by atoms with Crippen LogP contribution in [0, 0.1) is 0 Å². The third kappa shape index (κ3) is 1.78. The summed E-state index contributed by atoms with van der Waals surface area (Å²) in [5, 5.41) is 1.61. The smallest absolute Gasteiger partial charge is 0.142 e. The van der Waals surface area contributed by atoms with Gasteiger partial charge in [0.1, 0.15) is 11.5 Å². The maximum absolute atomic E-state index is 6.20. The Balaban J connectivity index is 1.94. The van der Waals surface area contributed by atoms with Gasteiger partial charge in [-0.25, -0.2) is 0 Å². The Labute approximate surface area is 119 Å². The monoisotopic (exact) mass is 285 g/mol. The molecule has 1 aromatic heterocycles. The standard InChI is InChI=1S/C15H8ClNOS/c16-10-5-6-17-11-8-15-13(7-9(10)11)18-12-3-1-2-4-14(12)19-15/h1-8H. The van der Waals surface area contributed by atoms with Crippen molar-refractivity contribution < 1.29 is 4.74 Å². The van der Waals surface area contributed by atoms with E-state index in [-0.39, 0.29) is 0 Å². The molecule has 0 atom stereocenters. The number of rotatable bonds is 0. The Hall–Kier alpha value is -1.71. The molecule has 4 rings (SSSR count). The van der Waals surface area contributed by atoms with Crippen molar-refractivity contribution in [1.29, 1.82) is 0 Å². The number of halogens is 1. The highest BCUT2D eigenvalue weighted by molar-refractivity contribution is 7.99. The van der Waals surface area contributed by atoms with Crippen molar-refractivity contribution >= 4 is 34.3 Å². The molecular formula is C15H8ClNOS. The van der Waals surface area contributed by atoms with Gasteiger partial charge in [0.05, 0.1) is 20.3 Å². The fourth-order valence-electron chi connectivity index (χ4n) is 2.14. The quantitative estimate of drug-likeness (QED) is 0.446. The first-order valence-corrected chi connectivity index (χ1v) is 7.04. The van der Waals surface area contributed by atoms with E-state index >= 15 is 0 Å². The van der Waals surface area contributed by atoms with Gasteiger partial charge in [0.15, 0.2) is 0 Å². The minimum absolute atomic E-state index is 0.695. The molecule has 2 heterocycles. The van der Waals surface area contributed by atoms with E-state index < -0.39 is 0 Å². The Morgan fingerprint density at radius 1 is 1.00 bits per heavy atom. The molecule has 0 fully saturated rings. The van der Waals surface area contributed by atoms with Gasteiger partial charge in [-0.05, 0) is 30.3 Å². The summed E-state index contributed by atoms with van der Waals surface area (Å²) >= 11 is 7.89. The van der Waals surface area contributed by atoms with Gasteiger partial charge in [-0.2, -0.15) is 0 Å². The number of benzene rings is 2. The van der Waals surface area contributed by atoms with Crippen molar-refractivity contribution in [3.05, 3.63) is 53.7 Å². The number of fused-ring (bicyclic) bond motifs is 3. The summed E-state index contributed by atoms with van der Waals surface area (Å²) in [5.41, 5.74) is 0.890. The number of hydrogen-bond acceptors (Lipinski definition) is 3. The zero-order valence-electron chi connectivity index (χ0n) is 9.76. The Morgan fingerprint density at radius 3 is 2.84 bits per heavy atom. The van der Waals surface area contributed by atoms with Gasteiger partial charge in [-0.3, -0.25) is 4.98 Å². The zero-order valence-corrected chi connectivity index (χ0v) is 11.3. The van der Waals surface area contributed by atoms with Crippen LogP contribution in [0.3, 0.4) is 0 Å². The van der Waals surface area contributed by atoms with Gasteiger partial charge in [0.2, 0.25) is 0 Å². The predicted molar refractivity (Wildman–Crippen MR) is 77.4 cm³/mol. The predicted octanol–water partition coefficient (Wildman–Crippen LogP) is 5.15. The Morgan fingerprint density at radius 2 is 1.89 bits per heavy atom. The first kappa shape index (κ1) is 11.1. The second-order valence-corrected chi connectivity index (χ2v) is 5.75. The normalized spacial score (nSPS) is 12.7. The van der Waals surface area contributed by atoms with E-state index in [9.17, 15) is 0 Å². The molecule has 0 bridgehead atoms. The van der Waals surface area contributed by atoms with Gasteiger partial charge in [-0.15, -0.1) is 0 Å². The van der Waals surface area contributed by atoms with Crippen LogP contribution in [0.4, 0.5) is 0 Å². The van der Waals surface area contributed by atoms with Crippen LogP contribution in [0.5, 0.6) is 11.5 Å². The fraction of sp³-hybridized carbons (Fsp3) is 0. The highest BCUT2D eigenvalue weighted by atomic mass is 35.5. The fourth-order valence-corrected chi connectivity index (χ4v) is 3.31. The van der Waals surface area contributed by atoms with E-state index in [1.165, 1.54) is 0 Å². The second-order valence-electron chi connectivity index (χ2n) is 4.26. The van der Waals surface area contributed by atoms with Crippen LogP contribution in [0.15, 0.2) is 58.5 Å². The maximum atomic E-state index is 6.20. The van der Waals surface area contributed by atoms with Crippen LogP contribution in [-0.2, 0) is 0 Å². The summed E-state index contributed by atoms with van der Waals surface area (Å²) in [6, 6.07) is 13.8. The largest absolute Gasteiger partial charge is 0.455 e. The molecule has 0 N–H and O–H groups in total. The molecule has 0 radical (unpaired) electrons. The molecule has 2 nitrogen and oxygen atoms in total. The minimum atomic E-state index is 0.695. The van der Waals surface area contributed by atoms with Crippen LogP contribution in [0.25, 0.3) is 10.9 Å². The molecule has 1 aliphatic rings. The van der Waals surface area contributed by atoms with Crippen molar-refractivity contribution in [3.63, 3.8) is 0 Å². The second kappa shape index (κ2) is 4.15. The van der Waals surface area contributed by atoms with E-state index in [1.54, 1.807) is 24.0 Å². The van der Waals surface area contributed by atoms with Gasteiger partial charge in [0.25, 0.3) is 0 Å². The zero-order chi connectivity index (χ0) is 12.8. The average Bonchev–Trinajstić information content (AvgIpc) is 2.44. The van der Waals surface area contributed by atoms with Crippen LogP contribution in [-0.4, -0.2) is 4.98 Å². The average molecular weight is 286 g/mol. The number of pyridine rings is 1. The third-order valence-corrected chi connectivity index (χ3v) is 4.47. The molecule has 92 valence electrons. The highest BCUT2D eigenvalue weighted by Gasteiger charge is 2.18. The van der Waals surface area contributed by atoms with Crippen LogP contribution < -0.4 is 4.74 Å². The molecule has 0 saturated heterocycles. The lowest BCUT2D eigenvalue weighted by atomic mass is 10.2. The van der Waals surface area contributed by atoms with Crippen molar-refractivity contribution in [3.8, 4) is 11.5 Å². The van der Waals surface area contributed by atoms with Crippen molar-refractivity contribution in [2.45, 2.75) is 9.79 Å². The van der Waals surface area contributed by atoms with Crippen molar-refractivity contribution in [2.24, 2.45) is 0 Å². The minimum Gasteiger partial charge on any atom is -0.455 e. The molecule has 3 aromatic rings. The number of hydrogen-bond donors (Lipinski definition) is 0. The SMILES string of the molecule is Clc1ccnc2cc3c(cc12)Oc1ccccc1S3. The van der Waals surface area contributed by atoms with E-state index in [0.29, 0.717) is 5.02 Å². The van der Waals surface area contributed by atoms with Gasteiger partial charge >= 0.3 is 0 Å². The molecule has 19 heavy (non-hydrogen) atoms. The molecule has 0 amide bonds. The molecule has 2 aromatic carbocycles. The summed E-state index contributed by atoms with van der Waals surface area (Å²) in [4.78, 5) is 6.54. The summed E-state index contributed by atoms with van der Waals surface area (Å²) < 4.78 is 5.93. The molecule has 4 heteroatoms. The molecule has 0 saturated carbocycles. The molecule has 0 aliphatic carbocycles. The van der Waals surface area contributed by atoms with Crippen molar-refractivity contribution in [2.75, 3.05) is 0 Å². The summed E-state index contributed by atoms with van der Waals surface area (Å²) in [7, 11) is 0. The van der Waals surface area contributed by atoms with E-state index in [1.807, 2.05) is 30.3 Å². The highest BCUT2D eigenvalue weighted by Crippen LogP contribution is 2.48. The first-order valence-electron chi connectivity index (χ1n) is 5.84. The van der Waals surface area contributed by atoms with Crippen LogP contribution in [0.2, 0.25) is 5.02 Å². The van der Waals surface area contributed by atoms with Crippen molar-refractivity contribution in [1.82, 2.24) is 4.98 Å². The number of aromatic nitrogens is 1. The lowest BCUT2D eigenvalue weighted by Crippen LogP contribution is -1.95. The summed E-state index contributed by atoms with van der Waals surface area (Å²) in [6.07, 6.45) is 1.72. The lowest BCUT2D eigenvalue weighted by molar-refractivity contribution is 0.455. The Kier molecular flexibility index (Phi) is 2.43. The molecular weight excluding hydrogens is 278 g/mol. The Bertz CT molecular complexity index is 803. The van der Waals surface area contributed by atoms with Gasteiger partial charge in [0, 0.05) is 11.6 Å². The first-order chi connectivity index (χ1) is 9.31. The number of nitrogens with zero attached hydrogens (tertiary/aromatic N) is 1. The topological polar surface area (TPSA) is 22.1 Å². The van der Waals surface area contributed by atoms with Gasteiger partial charge in [-0.1, -0.05) is 35.5 Å². The van der Waals surface area contributed by atoms with Gasteiger partial charge < -0.3 is 4.74 Å². The van der Waals surface area contributed by atoms with E-state index in [0.717, 1.165) is 32.2 Å². The molecule has 1 aliphatic heterocycles. The van der Waals surface area contributed by atoms with E-state index in [4.69, 9.17) is 16.3 Å². The third-order valence-electron chi connectivity index (χ3n) is 3.04. The maximum Gasteiger partial charge on any atom is 0.142 e. The van der Waals surface area contributed by atoms with Crippen LogP contribution in [0.1, 0.15) is 0 Å². The summed E-state index contributed by atoms with van der Waals surface area (Å²) in [5.74, 6) is 1.73. The summed E-state index contributed by atoms with van der Waals surface area (Å²) in [6.45, 7) is 0. The molecule has 0 unspecified atom stereocenters. The van der Waals surface area contributed by atoms with E-state index in [2.05, 4.69) is 11.1 Å². The number of ether oxygens (including phenoxy) is 1. The lowest BCUT2D eigenvalue weighted by Gasteiger charge is -2.19. The molecule has 0 spiro atoms. The van der Waals surface area contributed by atoms with Crippen LogP contribution >= 0.6 is 23.4 Å². The number of para-hydroxylation sites is 1.